The molecule has 0 aliphatic heterocycles. The van der Waals surface area contributed by atoms with Crippen molar-refractivity contribution >= 4 is 0 Å². The fourth-order valence-electron chi connectivity index (χ4n) is 4.68. The lowest BCUT2D eigenvalue weighted by Crippen LogP contribution is -2.46. The second-order valence-electron chi connectivity index (χ2n) is 8.70. The first kappa shape index (κ1) is 14.8. The molecule has 20 heavy (non-hydrogen) atoms. The van der Waals surface area contributed by atoms with Crippen molar-refractivity contribution in [3.05, 3.63) is 0 Å². The summed E-state index contributed by atoms with van der Waals surface area (Å²) in [5.41, 5.74) is 0.631. The lowest BCUT2D eigenvalue weighted by Gasteiger charge is -2.43. The van der Waals surface area contributed by atoms with E-state index < -0.39 is 0 Å². The molecule has 0 heterocycles. The average molecular weight is 279 g/mol. The van der Waals surface area contributed by atoms with Crippen LogP contribution in [0.5, 0.6) is 0 Å². The fourth-order valence-corrected chi connectivity index (χ4v) is 4.68. The highest BCUT2D eigenvalue weighted by molar-refractivity contribution is 4.94. The van der Waals surface area contributed by atoms with Crippen molar-refractivity contribution in [1.29, 1.82) is 0 Å². The highest BCUT2D eigenvalue weighted by Crippen LogP contribution is 2.43. The van der Waals surface area contributed by atoms with Crippen LogP contribution < -0.4 is 5.32 Å². The summed E-state index contributed by atoms with van der Waals surface area (Å²) in [6, 6.07) is 0.804. The van der Waals surface area contributed by atoms with Crippen LogP contribution in [0.15, 0.2) is 0 Å². The minimum atomic E-state index is 0.167. The van der Waals surface area contributed by atoms with E-state index in [9.17, 15) is 0 Å². The van der Waals surface area contributed by atoms with Gasteiger partial charge in [-0.15, -0.1) is 0 Å². The maximum atomic E-state index is 6.76. The Bertz CT molecular complexity index is 328. The normalized spacial score (nSPS) is 36.1. The van der Waals surface area contributed by atoms with Crippen LogP contribution in [0, 0.1) is 11.3 Å². The largest absolute Gasteiger partial charge is 0.370 e. The van der Waals surface area contributed by atoms with Gasteiger partial charge in [-0.05, 0) is 56.3 Å². The number of ether oxygens (including phenoxy) is 1. The molecule has 3 fully saturated rings. The zero-order chi connectivity index (χ0) is 14.2. The van der Waals surface area contributed by atoms with Crippen molar-refractivity contribution in [2.24, 2.45) is 11.3 Å². The first-order valence-electron chi connectivity index (χ1n) is 8.88. The van der Waals surface area contributed by atoms with E-state index >= 15 is 0 Å². The zero-order valence-corrected chi connectivity index (χ0v) is 13.7. The van der Waals surface area contributed by atoms with Crippen molar-refractivity contribution in [1.82, 2.24) is 5.32 Å². The van der Waals surface area contributed by atoms with Gasteiger partial charge in [-0.3, -0.25) is 0 Å². The Morgan fingerprint density at radius 1 is 1.10 bits per heavy atom. The second-order valence-corrected chi connectivity index (χ2v) is 8.70. The lowest BCUT2D eigenvalue weighted by molar-refractivity contribution is -0.122. The van der Waals surface area contributed by atoms with Crippen LogP contribution in [0.3, 0.4) is 0 Å². The predicted octanol–water partition coefficient (Wildman–Crippen LogP) is 4.28. The van der Waals surface area contributed by atoms with E-state index in [0.29, 0.717) is 11.5 Å². The molecule has 3 aliphatic rings. The van der Waals surface area contributed by atoms with Crippen molar-refractivity contribution in [3.63, 3.8) is 0 Å². The van der Waals surface area contributed by atoms with Gasteiger partial charge in [-0.25, -0.2) is 0 Å². The highest BCUT2D eigenvalue weighted by Gasteiger charge is 2.41. The topological polar surface area (TPSA) is 21.3 Å². The summed E-state index contributed by atoms with van der Waals surface area (Å²) in [6.45, 7) is 8.34. The molecule has 0 radical (unpaired) electrons. The van der Waals surface area contributed by atoms with Gasteiger partial charge in [-0.1, -0.05) is 33.6 Å². The Morgan fingerprint density at radius 2 is 1.80 bits per heavy atom. The van der Waals surface area contributed by atoms with Crippen molar-refractivity contribution < 1.29 is 4.74 Å². The molecule has 0 spiro atoms. The van der Waals surface area contributed by atoms with Gasteiger partial charge in [-0.2, -0.15) is 0 Å². The predicted molar refractivity (Wildman–Crippen MR) is 83.9 cm³/mol. The van der Waals surface area contributed by atoms with Gasteiger partial charge in [0, 0.05) is 12.6 Å². The maximum Gasteiger partial charge on any atom is 0.0810 e. The molecular weight excluding hydrogens is 246 g/mol. The number of rotatable bonds is 5. The molecule has 2 nitrogen and oxygen atoms in total. The molecule has 0 aromatic carbocycles. The third-order valence-electron chi connectivity index (χ3n) is 5.57. The second kappa shape index (κ2) is 5.61. The first-order chi connectivity index (χ1) is 9.46. The Morgan fingerprint density at radius 3 is 2.40 bits per heavy atom. The van der Waals surface area contributed by atoms with Gasteiger partial charge in [0.25, 0.3) is 0 Å². The van der Waals surface area contributed by atoms with Crippen LogP contribution in [0.2, 0.25) is 0 Å². The molecule has 0 aromatic rings. The van der Waals surface area contributed by atoms with Gasteiger partial charge in [0.1, 0.15) is 0 Å². The van der Waals surface area contributed by atoms with Crippen LogP contribution in [-0.4, -0.2) is 24.3 Å². The van der Waals surface area contributed by atoms with E-state index in [1.807, 2.05) is 0 Å². The number of hydrogen-bond acceptors (Lipinski definition) is 2. The fraction of sp³-hybridized carbons (Fsp3) is 1.00. The van der Waals surface area contributed by atoms with Gasteiger partial charge < -0.3 is 10.1 Å². The molecule has 2 heteroatoms. The number of nitrogens with one attached hydrogen (secondary N) is 1. The molecule has 2 unspecified atom stereocenters. The van der Waals surface area contributed by atoms with E-state index in [0.717, 1.165) is 18.5 Å². The molecule has 0 saturated heterocycles. The van der Waals surface area contributed by atoms with E-state index in [1.165, 1.54) is 57.8 Å². The van der Waals surface area contributed by atoms with Gasteiger partial charge >= 0.3 is 0 Å². The molecule has 0 aromatic heterocycles. The summed E-state index contributed by atoms with van der Waals surface area (Å²) in [5.74, 6) is 0.818. The Balaban J connectivity index is 1.60. The van der Waals surface area contributed by atoms with Crippen molar-refractivity contribution in [3.8, 4) is 0 Å². The van der Waals surface area contributed by atoms with E-state index in [1.54, 1.807) is 0 Å². The molecule has 0 bridgehead atoms. The van der Waals surface area contributed by atoms with Gasteiger partial charge in [0.2, 0.25) is 0 Å². The minimum Gasteiger partial charge on any atom is -0.370 e. The van der Waals surface area contributed by atoms with E-state index in [2.05, 4.69) is 26.1 Å². The first-order valence-corrected chi connectivity index (χ1v) is 8.88. The minimum absolute atomic E-state index is 0.167. The smallest absolute Gasteiger partial charge is 0.0810 e. The van der Waals surface area contributed by atoms with Crippen LogP contribution in [0.4, 0.5) is 0 Å². The van der Waals surface area contributed by atoms with Gasteiger partial charge in [0.15, 0.2) is 0 Å². The quantitative estimate of drug-likeness (QED) is 0.811. The van der Waals surface area contributed by atoms with Gasteiger partial charge in [0.05, 0.1) is 11.7 Å². The summed E-state index contributed by atoms with van der Waals surface area (Å²) in [7, 11) is 0. The zero-order valence-electron chi connectivity index (χ0n) is 13.7. The van der Waals surface area contributed by atoms with E-state index in [4.69, 9.17) is 4.74 Å². The molecule has 3 rings (SSSR count). The van der Waals surface area contributed by atoms with Crippen LogP contribution >= 0.6 is 0 Å². The maximum absolute atomic E-state index is 6.76. The SMILES string of the molecule is CC1CC(OC2(CNC3CC3)CCCC2)CC(C)(C)C1. The molecule has 1 N–H and O–H groups in total. The number of hydrogen-bond donors (Lipinski definition) is 1. The Kier molecular flexibility index (Phi) is 4.16. The Labute approximate surface area is 125 Å². The summed E-state index contributed by atoms with van der Waals surface area (Å²) < 4.78 is 6.76. The molecular formula is C18H33NO. The molecule has 116 valence electrons. The summed E-state index contributed by atoms with van der Waals surface area (Å²) in [5, 5.41) is 3.74. The van der Waals surface area contributed by atoms with Crippen molar-refractivity contribution in [2.75, 3.05) is 6.54 Å². The molecule has 3 saturated carbocycles. The van der Waals surface area contributed by atoms with Crippen LogP contribution in [0.1, 0.15) is 78.6 Å². The lowest BCUT2D eigenvalue weighted by atomic mass is 9.71. The third-order valence-corrected chi connectivity index (χ3v) is 5.57. The molecule has 0 amide bonds. The molecule has 3 aliphatic carbocycles. The monoisotopic (exact) mass is 279 g/mol. The summed E-state index contributed by atoms with van der Waals surface area (Å²) in [4.78, 5) is 0. The molecule has 2 atom stereocenters. The highest BCUT2D eigenvalue weighted by atomic mass is 16.5. The van der Waals surface area contributed by atoms with E-state index in [-0.39, 0.29) is 5.60 Å². The third kappa shape index (κ3) is 3.76. The van der Waals surface area contributed by atoms with Crippen LogP contribution in [0.25, 0.3) is 0 Å². The standard InChI is InChI=1S/C18H33NO/c1-14-10-16(12-17(2,3)11-14)20-18(8-4-5-9-18)13-19-15-6-7-15/h14-16,19H,4-13H2,1-3H3. The van der Waals surface area contributed by atoms with Crippen LogP contribution in [-0.2, 0) is 4.74 Å². The van der Waals surface area contributed by atoms with Crippen molar-refractivity contribution in [2.45, 2.75) is 96.3 Å². The Hall–Kier alpha value is -0.0800. The summed E-state index contributed by atoms with van der Waals surface area (Å²) in [6.07, 6.45) is 12.4. The average Bonchev–Trinajstić information content (AvgIpc) is 3.05. The summed E-state index contributed by atoms with van der Waals surface area (Å²) >= 11 is 0.